The molecule has 0 spiro atoms. The molecule has 20 heavy (non-hydrogen) atoms. The monoisotopic (exact) mass is 298 g/mol. The number of anilines is 1. The molecule has 0 radical (unpaired) electrons. The lowest BCUT2D eigenvalue weighted by Gasteiger charge is -2.19. The van der Waals surface area contributed by atoms with E-state index >= 15 is 0 Å². The van der Waals surface area contributed by atoms with E-state index in [2.05, 4.69) is 5.32 Å². The molecule has 0 aliphatic carbocycles. The molecular formula is C14H22N2O3S. The summed E-state index contributed by atoms with van der Waals surface area (Å²) in [6.45, 7) is 5.73. The summed E-state index contributed by atoms with van der Waals surface area (Å²) >= 11 is 0. The molecule has 0 saturated carbocycles. The molecule has 112 valence electrons. The van der Waals surface area contributed by atoms with Crippen molar-refractivity contribution in [3.63, 3.8) is 0 Å². The lowest BCUT2D eigenvalue weighted by molar-refractivity contribution is 0.0939. The molecule has 6 heteroatoms. The lowest BCUT2D eigenvalue weighted by atomic mass is 10.1. The number of carbonyl (C=O) groups is 1. The van der Waals surface area contributed by atoms with Crippen LogP contribution in [0.1, 0.15) is 36.2 Å². The smallest absolute Gasteiger partial charge is 0.251 e. The second-order valence-electron chi connectivity index (χ2n) is 5.01. The zero-order chi connectivity index (χ0) is 15.5. The van der Waals surface area contributed by atoms with Crippen molar-refractivity contribution in [2.45, 2.75) is 33.2 Å². The SMILES string of the molecule is CCC(C)NC(=O)c1ccc(N(C)S(C)(=O)=O)c(C)c1. The minimum atomic E-state index is -3.30. The van der Waals surface area contributed by atoms with Gasteiger partial charge in [-0.05, 0) is 44.0 Å². The maximum absolute atomic E-state index is 12.0. The van der Waals surface area contributed by atoms with E-state index in [1.807, 2.05) is 13.8 Å². The minimum Gasteiger partial charge on any atom is -0.350 e. The van der Waals surface area contributed by atoms with Crippen LogP contribution in [0.25, 0.3) is 0 Å². The molecule has 1 N–H and O–H groups in total. The van der Waals surface area contributed by atoms with E-state index in [1.165, 1.54) is 11.4 Å². The molecule has 1 aromatic rings. The Morgan fingerprint density at radius 2 is 2.00 bits per heavy atom. The Balaban J connectivity index is 3.02. The first-order chi connectivity index (χ1) is 9.16. The number of hydrogen-bond acceptors (Lipinski definition) is 3. The molecule has 1 atom stereocenters. The molecule has 0 heterocycles. The lowest BCUT2D eigenvalue weighted by Crippen LogP contribution is -2.32. The molecule has 0 aliphatic heterocycles. The molecule has 0 fully saturated rings. The van der Waals surface area contributed by atoms with Crippen LogP contribution in [0.2, 0.25) is 0 Å². The summed E-state index contributed by atoms with van der Waals surface area (Å²) in [5, 5.41) is 2.88. The standard InChI is InChI=1S/C14H22N2O3S/c1-6-11(3)15-14(17)12-7-8-13(10(2)9-12)16(4)20(5,18)19/h7-9,11H,6H2,1-5H3,(H,15,17). The Hall–Kier alpha value is -1.56. The van der Waals surface area contributed by atoms with Crippen molar-refractivity contribution >= 4 is 21.6 Å². The van der Waals surface area contributed by atoms with E-state index < -0.39 is 10.0 Å². The first-order valence-electron chi connectivity index (χ1n) is 6.52. The highest BCUT2D eigenvalue weighted by molar-refractivity contribution is 7.92. The largest absolute Gasteiger partial charge is 0.350 e. The summed E-state index contributed by atoms with van der Waals surface area (Å²) in [7, 11) is -1.81. The maximum atomic E-state index is 12.0. The van der Waals surface area contributed by atoms with Crippen LogP contribution in [-0.2, 0) is 10.0 Å². The normalized spacial score (nSPS) is 12.8. The number of amides is 1. The highest BCUT2D eigenvalue weighted by Gasteiger charge is 2.16. The molecule has 0 aliphatic rings. The van der Waals surface area contributed by atoms with Crippen molar-refractivity contribution in [1.29, 1.82) is 0 Å². The summed E-state index contributed by atoms with van der Waals surface area (Å²) < 4.78 is 24.3. The van der Waals surface area contributed by atoms with Gasteiger partial charge in [0.2, 0.25) is 10.0 Å². The summed E-state index contributed by atoms with van der Waals surface area (Å²) in [6, 6.07) is 5.11. The summed E-state index contributed by atoms with van der Waals surface area (Å²) in [4.78, 5) is 12.0. The maximum Gasteiger partial charge on any atom is 0.251 e. The Bertz CT molecular complexity index is 596. The number of hydrogen-bond donors (Lipinski definition) is 1. The highest BCUT2D eigenvalue weighted by Crippen LogP contribution is 2.22. The molecule has 5 nitrogen and oxygen atoms in total. The number of rotatable bonds is 5. The van der Waals surface area contributed by atoms with E-state index in [0.717, 1.165) is 18.2 Å². The van der Waals surface area contributed by atoms with Gasteiger partial charge in [-0.3, -0.25) is 9.10 Å². The van der Waals surface area contributed by atoms with Crippen LogP contribution in [-0.4, -0.2) is 33.7 Å². The second kappa shape index (κ2) is 6.26. The summed E-state index contributed by atoms with van der Waals surface area (Å²) in [5.41, 5.74) is 1.86. The van der Waals surface area contributed by atoms with Crippen molar-refractivity contribution in [2.24, 2.45) is 0 Å². The quantitative estimate of drug-likeness (QED) is 0.903. The first-order valence-corrected chi connectivity index (χ1v) is 8.37. The molecule has 1 unspecified atom stereocenters. The Morgan fingerprint density at radius 3 is 2.45 bits per heavy atom. The number of carbonyl (C=O) groups excluding carboxylic acids is 1. The molecule has 0 aromatic heterocycles. The van der Waals surface area contributed by atoms with E-state index in [9.17, 15) is 13.2 Å². The number of nitrogens with one attached hydrogen (secondary N) is 1. The second-order valence-corrected chi connectivity index (χ2v) is 7.03. The fourth-order valence-electron chi connectivity index (χ4n) is 1.74. The Morgan fingerprint density at radius 1 is 1.40 bits per heavy atom. The Kier molecular flexibility index (Phi) is 5.16. The van der Waals surface area contributed by atoms with Gasteiger partial charge in [-0.2, -0.15) is 0 Å². The zero-order valence-corrected chi connectivity index (χ0v) is 13.4. The van der Waals surface area contributed by atoms with Gasteiger partial charge >= 0.3 is 0 Å². The average molecular weight is 298 g/mol. The number of nitrogens with zero attached hydrogens (tertiary/aromatic N) is 1. The van der Waals surface area contributed by atoms with Gasteiger partial charge in [-0.25, -0.2) is 8.42 Å². The van der Waals surface area contributed by atoms with E-state index in [1.54, 1.807) is 25.1 Å². The van der Waals surface area contributed by atoms with Gasteiger partial charge in [-0.15, -0.1) is 0 Å². The highest BCUT2D eigenvalue weighted by atomic mass is 32.2. The van der Waals surface area contributed by atoms with Gasteiger partial charge in [0.1, 0.15) is 0 Å². The topological polar surface area (TPSA) is 66.5 Å². The average Bonchev–Trinajstić information content (AvgIpc) is 2.36. The van der Waals surface area contributed by atoms with Crippen LogP contribution < -0.4 is 9.62 Å². The fraction of sp³-hybridized carbons (Fsp3) is 0.500. The van der Waals surface area contributed by atoms with Crippen molar-refractivity contribution in [3.05, 3.63) is 29.3 Å². The van der Waals surface area contributed by atoms with Crippen LogP contribution in [0.4, 0.5) is 5.69 Å². The van der Waals surface area contributed by atoms with Gasteiger partial charge in [0, 0.05) is 18.7 Å². The predicted octanol–water partition coefficient (Wildman–Crippen LogP) is 1.92. The van der Waals surface area contributed by atoms with Crippen LogP contribution in [0.3, 0.4) is 0 Å². The third-order valence-electron chi connectivity index (χ3n) is 3.29. The third-order valence-corrected chi connectivity index (χ3v) is 4.48. The number of aryl methyl sites for hydroxylation is 1. The minimum absolute atomic E-state index is 0.112. The van der Waals surface area contributed by atoms with Gasteiger partial charge in [0.15, 0.2) is 0 Å². The zero-order valence-electron chi connectivity index (χ0n) is 12.6. The van der Waals surface area contributed by atoms with E-state index in [-0.39, 0.29) is 11.9 Å². The molecule has 1 amide bonds. The summed E-state index contributed by atoms with van der Waals surface area (Å²) in [5.74, 6) is -0.143. The van der Waals surface area contributed by atoms with Gasteiger partial charge in [0.05, 0.1) is 11.9 Å². The van der Waals surface area contributed by atoms with Crippen molar-refractivity contribution in [1.82, 2.24) is 5.32 Å². The number of sulfonamides is 1. The van der Waals surface area contributed by atoms with E-state index in [0.29, 0.717) is 11.3 Å². The molecule has 0 saturated heterocycles. The number of benzene rings is 1. The summed E-state index contributed by atoms with van der Waals surface area (Å²) in [6.07, 6.45) is 2.01. The van der Waals surface area contributed by atoms with Crippen LogP contribution in [0.5, 0.6) is 0 Å². The van der Waals surface area contributed by atoms with Crippen molar-refractivity contribution < 1.29 is 13.2 Å². The van der Waals surface area contributed by atoms with Crippen molar-refractivity contribution in [2.75, 3.05) is 17.6 Å². The Labute approximate surface area is 121 Å². The molecule has 1 aromatic carbocycles. The third kappa shape index (κ3) is 3.96. The van der Waals surface area contributed by atoms with Crippen molar-refractivity contribution in [3.8, 4) is 0 Å². The predicted molar refractivity (Wildman–Crippen MR) is 81.6 cm³/mol. The molecular weight excluding hydrogens is 276 g/mol. The van der Waals surface area contributed by atoms with Gasteiger partial charge < -0.3 is 5.32 Å². The van der Waals surface area contributed by atoms with Crippen LogP contribution >= 0.6 is 0 Å². The fourth-order valence-corrected chi connectivity index (χ4v) is 2.30. The first kappa shape index (κ1) is 16.5. The van der Waals surface area contributed by atoms with E-state index in [4.69, 9.17) is 0 Å². The molecule has 1 rings (SSSR count). The molecule has 0 bridgehead atoms. The van der Waals surface area contributed by atoms with Gasteiger partial charge in [-0.1, -0.05) is 6.92 Å². The van der Waals surface area contributed by atoms with Crippen LogP contribution in [0, 0.1) is 6.92 Å². The van der Waals surface area contributed by atoms with Gasteiger partial charge in [0.25, 0.3) is 5.91 Å². The van der Waals surface area contributed by atoms with Crippen LogP contribution in [0.15, 0.2) is 18.2 Å².